The van der Waals surface area contributed by atoms with Crippen molar-refractivity contribution in [2.75, 3.05) is 12.0 Å². The highest BCUT2D eigenvalue weighted by Gasteiger charge is 2.18. The van der Waals surface area contributed by atoms with Crippen LogP contribution in [0.15, 0.2) is 28.0 Å². The van der Waals surface area contributed by atoms with Crippen LogP contribution >= 0.6 is 23.5 Å². The Kier molecular flexibility index (Phi) is 2.86. The number of thioether (sulfide) groups is 2. The predicted octanol–water partition coefficient (Wildman–Crippen LogP) is 2.90. The Labute approximate surface area is 87.5 Å². The normalized spacial score (nSPS) is 21.2. The highest BCUT2D eigenvalue weighted by Crippen LogP contribution is 2.40. The molecule has 70 valence electrons. The molecule has 0 spiro atoms. The summed E-state index contributed by atoms with van der Waals surface area (Å²) in [5, 5.41) is 0. The monoisotopic (exact) mass is 211 g/mol. The number of rotatable bonds is 1. The SMILES string of the molecule is CSc1cccc2c1SCC[C@@H]2N. The van der Waals surface area contributed by atoms with Gasteiger partial charge in [0.1, 0.15) is 0 Å². The summed E-state index contributed by atoms with van der Waals surface area (Å²) in [5.74, 6) is 1.16. The maximum atomic E-state index is 6.05. The van der Waals surface area contributed by atoms with E-state index in [1.54, 1.807) is 0 Å². The molecule has 3 heteroatoms. The molecule has 0 saturated heterocycles. The zero-order valence-electron chi connectivity index (χ0n) is 7.62. The van der Waals surface area contributed by atoms with Crippen LogP contribution < -0.4 is 5.73 Å². The lowest BCUT2D eigenvalue weighted by Gasteiger charge is -2.23. The van der Waals surface area contributed by atoms with E-state index in [4.69, 9.17) is 5.73 Å². The van der Waals surface area contributed by atoms with Crippen molar-refractivity contribution >= 4 is 23.5 Å². The topological polar surface area (TPSA) is 26.0 Å². The van der Waals surface area contributed by atoms with Crippen molar-refractivity contribution < 1.29 is 0 Å². The summed E-state index contributed by atoms with van der Waals surface area (Å²) >= 11 is 3.75. The number of fused-ring (bicyclic) bond motifs is 1. The summed E-state index contributed by atoms with van der Waals surface area (Å²) < 4.78 is 0. The minimum atomic E-state index is 0.253. The van der Waals surface area contributed by atoms with Crippen molar-refractivity contribution in [2.24, 2.45) is 5.73 Å². The van der Waals surface area contributed by atoms with Crippen LogP contribution in [0, 0.1) is 0 Å². The van der Waals surface area contributed by atoms with Crippen LogP contribution in [-0.2, 0) is 0 Å². The lowest BCUT2D eigenvalue weighted by molar-refractivity contribution is 0.674. The Hall–Kier alpha value is -0.120. The Bertz CT molecular complexity index is 312. The highest BCUT2D eigenvalue weighted by molar-refractivity contribution is 8.02. The molecule has 2 N–H and O–H groups in total. The maximum Gasteiger partial charge on any atom is 0.0314 e. The molecule has 0 saturated carbocycles. The molecule has 0 amide bonds. The zero-order valence-corrected chi connectivity index (χ0v) is 9.25. The second kappa shape index (κ2) is 3.95. The van der Waals surface area contributed by atoms with Gasteiger partial charge in [0.05, 0.1) is 0 Å². The molecule has 2 rings (SSSR count). The minimum absolute atomic E-state index is 0.253. The van der Waals surface area contributed by atoms with Crippen molar-refractivity contribution in [1.29, 1.82) is 0 Å². The van der Waals surface area contributed by atoms with Gasteiger partial charge in [-0.15, -0.1) is 23.5 Å². The van der Waals surface area contributed by atoms with Crippen LogP contribution in [0.3, 0.4) is 0 Å². The van der Waals surface area contributed by atoms with Gasteiger partial charge in [0, 0.05) is 15.8 Å². The fraction of sp³-hybridized carbons (Fsp3) is 0.400. The van der Waals surface area contributed by atoms with Crippen molar-refractivity contribution in [1.82, 2.24) is 0 Å². The summed E-state index contributed by atoms with van der Waals surface area (Å²) in [5.41, 5.74) is 7.38. The van der Waals surface area contributed by atoms with Gasteiger partial charge >= 0.3 is 0 Å². The summed E-state index contributed by atoms with van der Waals surface area (Å²) in [6.45, 7) is 0. The molecule has 0 aromatic heterocycles. The molecule has 13 heavy (non-hydrogen) atoms. The molecule has 1 aliphatic heterocycles. The van der Waals surface area contributed by atoms with Gasteiger partial charge < -0.3 is 5.73 Å². The molecule has 0 unspecified atom stereocenters. The van der Waals surface area contributed by atoms with Crippen LogP contribution in [0.1, 0.15) is 18.0 Å². The molecule has 1 aromatic carbocycles. The molecule has 1 aliphatic rings. The average molecular weight is 211 g/mol. The van der Waals surface area contributed by atoms with Gasteiger partial charge in [0.2, 0.25) is 0 Å². The number of nitrogens with two attached hydrogens (primary N) is 1. The Morgan fingerprint density at radius 2 is 2.38 bits per heavy atom. The van der Waals surface area contributed by atoms with Crippen LogP contribution in [-0.4, -0.2) is 12.0 Å². The molecule has 1 nitrogen and oxygen atoms in total. The number of hydrogen-bond donors (Lipinski definition) is 1. The fourth-order valence-corrected chi connectivity index (χ4v) is 3.70. The third-order valence-corrected chi connectivity index (χ3v) is 4.40. The standard InChI is InChI=1S/C10H13NS2/c1-12-9-4-2-3-7-8(11)5-6-13-10(7)9/h2-4,8H,5-6,11H2,1H3/t8-/m0/s1. The first-order valence-electron chi connectivity index (χ1n) is 4.38. The first-order chi connectivity index (χ1) is 6.33. The van der Waals surface area contributed by atoms with Gasteiger partial charge in [-0.1, -0.05) is 12.1 Å². The molecular formula is C10H13NS2. The van der Waals surface area contributed by atoms with E-state index in [2.05, 4.69) is 24.5 Å². The van der Waals surface area contributed by atoms with Crippen molar-refractivity contribution in [2.45, 2.75) is 22.3 Å². The Balaban J connectivity index is 2.48. The molecule has 1 atom stereocenters. The Morgan fingerprint density at radius 3 is 3.15 bits per heavy atom. The predicted molar refractivity (Wildman–Crippen MR) is 60.5 cm³/mol. The molecule has 1 heterocycles. The molecule has 0 aliphatic carbocycles. The van der Waals surface area contributed by atoms with Crippen LogP contribution in [0.25, 0.3) is 0 Å². The van der Waals surface area contributed by atoms with E-state index >= 15 is 0 Å². The van der Waals surface area contributed by atoms with Gasteiger partial charge in [-0.3, -0.25) is 0 Å². The lowest BCUT2D eigenvalue weighted by atomic mass is 10.1. The first-order valence-corrected chi connectivity index (χ1v) is 6.59. The van der Waals surface area contributed by atoms with E-state index in [-0.39, 0.29) is 6.04 Å². The summed E-state index contributed by atoms with van der Waals surface area (Å²) in [6.07, 6.45) is 3.23. The first kappa shape index (κ1) is 9.44. The number of benzene rings is 1. The molecular weight excluding hydrogens is 198 g/mol. The smallest absolute Gasteiger partial charge is 0.0314 e. The summed E-state index contributed by atoms with van der Waals surface area (Å²) in [7, 11) is 0. The van der Waals surface area contributed by atoms with Crippen molar-refractivity contribution in [3.63, 3.8) is 0 Å². The second-order valence-corrected chi connectivity index (χ2v) is 5.08. The zero-order chi connectivity index (χ0) is 9.26. The highest BCUT2D eigenvalue weighted by atomic mass is 32.2. The molecule has 0 radical (unpaired) electrons. The van der Waals surface area contributed by atoms with Gasteiger partial charge in [-0.25, -0.2) is 0 Å². The lowest BCUT2D eigenvalue weighted by Crippen LogP contribution is -2.16. The van der Waals surface area contributed by atoms with E-state index in [9.17, 15) is 0 Å². The van der Waals surface area contributed by atoms with E-state index in [1.165, 1.54) is 15.4 Å². The van der Waals surface area contributed by atoms with Crippen LogP contribution in [0.4, 0.5) is 0 Å². The van der Waals surface area contributed by atoms with Gasteiger partial charge in [0.15, 0.2) is 0 Å². The van der Waals surface area contributed by atoms with E-state index < -0.39 is 0 Å². The van der Waals surface area contributed by atoms with E-state index in [0.717, 1.165) is 12.2 Å². The quantitative estimate of drug-likeness (QED) is 0.723. The van der Waals surface area contributed by atoms with Crippen molar-refractivity contribution in [3.8, 4) is 0 Å². The third kappa shape index (κ3) is 1.73. The molecule has 0 fully saturated rings. The third-order valence-electron chi connectivity index (χ3n) is 2.30. The van der Waals surface area contributed by atoms with Crippen molar-refractivity contribution in [3.05, 3.63) is 23.8 Å². The van der Waals surface area contributed by atoms with E-state index in [0.29, 0.717) is 0 Å². The average Bonchev–Trinajstić information content (AvgIpc) is 2.18. The number of hydrogen-bond acceptors (Lipinski definition) is 3. The molecule has 0 bridgehead atoms. The minimum Gasteiger partial charge on any atom is -0.324 e. The fourth-order valence-electron chi connectivity index (χ4n) is 1.58. The summed E-state index contributed by atoms with van der Waals surface area (Å²) in [6, 6.07) is 6.69. The van der Waals surface area contributed by atoms with Gasteiger partial charge in [-0.2, -0.15) is 0 Å². The van der Waals surface area contributed by atoms with Crippen LogP contribution in [0.2, 0.25) is 0 Å². The van der Waals surface area contributed by atoms with Gasteiger partial charge in [0.25, 0.3) is 0 Å². The summed E-state index contributed by atoms with van der Waals surface area (Å²) in [4.78, 5) is 2.78. The molecule has 1 aromatic rings. The Morgan fingerprint density at radius 1 is 1.54 bits per heavy atom. The second-order valence-electron chi connectivity index (χ2n) is 3.12. The largest absolute Gasteiger partial charge is 0.324 e. The van der Waals surface area contributed by atoms with Gasteiger partial charge in [-0.05, 0) is 30.1 Å². The maximum absolute atomic E-state index is 6.05. The van der Waals surface area contributed by atoms with Crippen LogP contribution in [0.5, 0.6) is 0 Å². The van der Waals surface area contributed by atoms with E-state index in [1.807, 2.05) is 23.5 Å².